The third-order valence-corrected chi connectivity index (χ3v) is 9.84. The van der Waals surface area contributed by atoms with E-state index in [9.17, 15) is 29.8 Å². The first kappa shape index (κ1) is 37.4. The normalized spacial score (nSPS) is 12.6. The highest BCUT2D eigenvalue weighted by molar-refractivity contribution is 7.91. The van der Waals surface area contributed by atoms with Gasteiger partial charge in [0.1, 0.15) is 16.3 Å². The first-order valence-electron chi connectivity index (χ1n) is 13.8. The Kier molecular flexibility index (Phi) is 12.9. The summed E-state index contributed by atoms with van der Waals surface area (Å²) < 4.78 is 95.1. The summed E-state index contributed by atoms with van der Waals surface area (Å²) in [5, 5.41) is 31.3. The predicted molar refractivity (Wildman–Crippen MR) is 176 cm³/mol. The van der Waals surface area contributed by atoms with E-state index in [-0.39, 0.29) is 51.4 Å². The number of aliphatic hydroxyl groups excluding tert-OH is 1. The first-order chi connectivity index (χ1) is 22.1. The van der Waals surface area contributed by atoms with Crippen LogP contribution in [0.15, 0.2) is 78.8 Å². The molecule has 0 bridgehead atoms. The number of nitrogens with one attached hydrogen (secondary N) is 2. The minimum Gasteiger partial charge on any atom is -0.397 e. The second-order valence-corrected chi connectivity index (χ2v) is 15.0. The van der Waals surface area contributed by atoms with Crippen molar-refractivity contribution in [1.29, 1.82) is 0 Å². The van der Waals surface area contributed by atoms with Crippen molar-refractivity contribution in [3.8, 4) is 0 Å². The van der Waals surface area contributed by atoms with Gasteiger partial charge in [-0.2, -0.15) is 27.1 Å². The van der Waals surface area contributed by atoms with Gasteiger partial charge in [-0.15, -0.1) is 10.2 Å². The van der Waals surface area contributed by atoms with Gasteiger partial charge in [0.2, 0.25) is 0 Å². The lowest BCUT2D eigenvalue weighted by molar-refractivity contribution is 0.198. The summed E-state index contributed by atoms with van der Waals surface area (Å²) in [7, 11) is -11.1. The van der Waals surface area contributed by atoms with Crippen molar-refractivity contribution in [2.24, 2.45) is 20.5 Å². The highest BCUT2D eigenvalue weighted by Gasteiger charge is 2.19. The molecule has 0 saturated carbocycles. The lowest BCUT2D eigenvalue weighted by Crippen LogP contribution is -2.20. The van der Waals surface area contributed by atoms with Crippen LogP contribution in [0.1, 0.15) is 12.0 Å². The average molecular weight is 714 g/mol. The number of azo groups is 2. The fourth-order valence-electron chi connectivity index (χ4n) is 4.01. The zero-order chi connectivity index (χ0) is 34.8. The van der Waals surface area contributed by atoms with Crippen molar-refractivity contribution in [3.05, 3.63) is 54.1 Å². The molecule has 256 valence electrons. The van der Waals surface area contributed by atoms with E-state index in [4.69, 9.17) is 20.1 Å². The van der Waals surface area contributed by atoms with Crippen LogP contribution in [0.25, 0.3) is 0 Å². The third-order valence-electron chi connectivity index (χ3n) is 6.46. The van der Waals surface area contributed by atoms with Gasteiger partial charge in [-0.05, 0) is 61.9 Å². The second kappa shape index (κ2) is 16.2. The maximum atomic E-state index is 12.3. The molecule has 3 rings (SSSR count). The zero-order valence-corrected chi connectivity index (χ0v) is 27.8. The van der Waals surface area contributed by atoms with Gasteiger partial charge < -0.3 is 26.2 Å². The number of ether oxygens (including phenoxy) is 1. The van der Waals surface area contributed by atoms with Crippen molar-refractivity contribution < 1.29 is 44.2 Å². The number of hydrogen-bond donors (Lipinski definition) is 6. The van der Waals surface area contributed by atoms with Gasteiger partial charge in [-0.3, -0.25) is 9.11 Å². The van der Waals surface area contributed by atoms with E-state index >= 15 is 0 Å². The highest BCUT2D eigenvalue weighted by Crippen LogP contribution is 2.40. The molecule has 0 fully saturated rings. The van der Waals surface area contributed by atoms with Crippen molar-refractivity contribution in [2.45, 2.75) is 23.1 Å². The van der Waals surface area contributed by atoms with Gasteiger partial charge in [-0.1, -0.05) is 0 Å². The van der Waals surface area contributed by atoms with Crippen LogP contribution in [0.4, 0.5) is 39.8 Å². The molecule has 7 N–H and O–H groups in total. The van der Waals surface area contributed by atoms with Gasteiger partial charge in [0.25, 0.3) is 20.2 Å². The Morgan fingerprint density at radius 2 is 1.43 bits per heavy atom. The molecule has 0 amide bonds. The number of hydrogen-bond acceptors (Lipinski definition) is 15. The molecule has 3 aromatic carbocycles. The van der Waals surface area contributed by atoms with Crippen molar-refractivity contribution >= 4 is 69.9 Å². The maximum absolute atomic E-state index is 12.3. The second-order valence-electron chi connectivity index (χ2n) is 9.93. The molecule has 20 heteroatoms. The summed E-state index contributed by atoms with van der Waals surface area (Å²) in [4.78, 5) is -0.970. The summed E-state index contributed by atoms with van der Waals surface area (Å²) in [6.07, 6.45) is 0.617. The molecule has 0 aliphatic carbocycles. The van der Waals surface area contributed by atoms with Crippen LogP contribution >= 0.6 is 0 Å². The molecule has 0 radical (unpaired) electrons. The van der Waals surface area contributed by atoms with Crippen molar-refractivity contribution in [3.63, 3.8) is 0 Å². The molecule has 0 aliphatic heterocycles. The van der Waals surface area contributed by atoms with Gasteiger partial charge in [-0.25, -0.2) is 8.42 Å². The minimum absolute atomic E-state index is 0.00721. The number of rotatable bonds is 17. The van der Waals surface area contributed by atoms with Gasteiger partial charge in [0.05, 0.1) is 51.4 Å². The lowest BCUT2D eigenvalue weighted by atomic mass is 10.1. The van der Waals surface area contributed by atoms with Crippen LogP contribution in [0.3, 0.4) is 0 Å². The van der Waals surface area contributed by atoms with Gasteiger partial charge in [0, 0.05) is 32.4 Å². The topological polar surface area (TPSA) is 272 Å². The maximum Gasteiger partial charge on any atom is 0.296 e. The standard InChI is InChI=1S/C27H35N7O10S3/c1-18-26(28)23(30-11-14-45(36,37)15-12-35)17-24(29-10-3-13-44-2)27(18)34-33-22-9-6-20(16-25(22)47(41,42)43)32-31-19-4-7-21(8-5-19)46(38,39)40/h4-9,16-17,29-30,35H,3,10-15,28H2,1-2H3,(H,38,39,40)(H,41,42,43)/b32-31+,34-33+. The molecule has 0 saturated heterocycles. The minimum atomic E-state index is -4.83. The van der Waals surface area contributed by atoms with E-state index in [1.165, 1.54) is 24.3 Å². The van der Waals surface area contributed by atoms with Crippen LogP contribution in [0.5, 0.6) is 0 Å². The Balaban J connectivity index is 1.95. The molecule has 0 atom stereocenters. The van der Waals surface area contributed by atoms with E-state index in [2.05, 4.69) is 31.1 Å². The Bertz CT molecular complexity index is 1950. The molecule has 47 heavy (non-hydrogen) atoms. The van der Waals surface area contributed by atoms with E-state index < -0.39 is 41.6 Å². The lowest BCUT2D eigenvalue weighted by Gasteiger charge is -2.18. The Morgan fingerprint density at radius 1 is 0.787 bits per heavy atom. The van der Waals surface area contributed by atoms with Crippen molar-refractivity contribution in [1.82, 2.24) is 0 Å². The fourth-order valence-corrected chi connectivity index (χ4v) is 6.03. The molecular weight excluding hydrogens is 679 g/mol. The van der Waals surface area contributed by atoms with Crippen LogP contribution in [0, 0.1) is 6.92 Å². The number of nitrogens with zero attached hydrogens (tertiary/aromatic N) is 4. The number of aliphatic hydroxyl groups is 1. The fraction of sp³-hybridized carbons (Fsp3) is 0.333. The largest absolute Gasteiger partial charge is 0.397 e. The predicted octanol–water partition coefficient (Wildman–Crippen LogP) is 4.17. The molecule has 0 aliphatic rings. The number of anilines is 3. The van der Waals surface area contributed by atoms with E-state index in [0.717, 1.165) is 18.2 Å². The average Bonchev–Trinajstić information content (AvgIpc) is 2.99. The SMILES string of the molecule is COCCCNc1cc(NCCS(=O)(=O)CCO)c(N)c(C)c1/N=N/c1ccc(/N=N/c2ccc(S(=O)(=O)O)cc2)cc1S(=O)(=O)O. The number of sulfone groups is 1. The van der Waals surface area contributed by atoms with E-state index in [1.807, 2.05) is 0 Å². The Labute approximate surface area is 272 Å². The molecule has 0 aromatic heterocycles. The van der Waals surface area contributed by atoms with Crippen LogP contribution in [-0.2, 0) is 34.8 Å². The first-order valence-corrected chi connectivity index (χ1v) is 18.5. The number of nitrogens with two attached hydrogens (primary N) is 1. The van der Waals surface area contributed by atoms with Crippen LogP contribution in [0.2, 0.25) is 0 Å². The summed E-state index contributed by atoms with van der Waals surface area (Å²) >= 11 is 0. The number of methoxy groups -OCH3 is 1. The zero-order valence-electron chi connectivity index (χ0n) is 25.4. The van der Waals surface area contributed by atoms with E-state index in [1.54, 1.807) is 20.1 Å². The Morgan fingerprint density at radius 3 is 2.04 bits per heavy atom. The summed E-state index contributed by atoms with van der Waals surface area (Å²) in [6.45, 7) is 2.09. The molecule has 3 aromatic rings. The smallest absolute Gasteiger partial charge is 0.296 e. The summed E-state index contributed by atoms with van der Waals surface area (Å²) in [5.74, 6) is -0.601. The van der Waals surface area contributed by atoms with E-state index in [0.29, 0.717) is 36.5 Å². The van der Waals surface area contributed by atoms with Gasteiger partial charge in [0.15, 0.2) is 9.84 Å². The quantitative estimate of drug-likeness (QED) is 0.0497. The Hall–Kier alpha value is -4.05. The molecule has 0 heterocycles. The third kappa shape index (κ3) is 11.0. The van der Waals surface area contributed by atoms with Crippen LogP contribution in [-0.4, -0.2) is 84.4 Å². The van der Waals surface area contributed by atoms with Crippen molar-refractivity contribution in [2.75, 3.05) is 61.3 Å². The highest BCUT2D eigenvalue weighted by atomic mass is 32.2. The number of benzene rings is 3. The molecular formula is C27H35N7O10S3. The summed E-state index contributed by atoms with van der Waals surface area (Å²) in [6, 6.07) is 10.00. The molecule has 0 spiro atoms. The van der Waals surface area contributed by atoms with Crippen LogP contribution < -0.4 is 16.4 Å². The monoisotopic (exact) mass is 713 g/mol. The molecule has 17 nitrogen and oxygen atoms in total. The number of nitrogen functional groups attached to an aromatic ring is 1. The molecule has 0 unspecified atom stereocenters. The van der Waals surface area contributed by atoms with Gasteiger partial charge >= 0.3 is 0 Å². The summed E-state index contributed by atoms with van der Waals surface area (Å²) in [5.41, 5.74) is 8.07.